The maximum absolute atomic E-state index is 13.7. The van der Waals surface area contributed by atoms with Crippen LogP contribution in [0.2, 0.25) is 5.02 Å². The number of rotatable bonds is 9. The Morgan fingerprint density at radius 1 is 0.972 bits per heavy atom. The van der Waals surface area contributed by atoms with Crippen LogP contribution < -0.4 is 9.62 Å². The fourth-order valence-corrected chi connectivity index (χ4v) is 5.66. The van der Waals surface area contributed by atoms with Gasteiger partial charge in [0, 0.05) is 18.6 Å². The van der Waals surface area contributed by atoms with Gasteiger partial charge in [-0.15, -0.1) is 0 Å². The van der Waals surface area contributed by atoms with Crippen molar-refractivity contribution in [2.45, 2.75) is 38.3 Å². The number of nitrogens with zero attached hydrogens (tertiary/aromatic N) is 2. The summed E-state index contributed by atoms with van der Waals surface area (Å²) < 4.78 is 28.5. The first-order valence-corrected chi connectivity index (χ1v) is 13.3. The molecule has 0 bridgehead atoms. The van der Waals surface area contributed by atoms with Crippen molar-refractivity contribution in [3.8, 4) is 0 Å². The second kappa shape index (κ2) is 11.6. The summed E-state index contributed by atoms with van der Waals surface area (Å²) in [7, 11) is -2.61. The average molecular weight is 528 g/mol. The predicted octanol–water partition coefficient (Wildman–Crippen LogP) is 4.32. The third-order valence-electron chi connectivity index (χ3n) is 5.89. The summed E-state index contributed by atoms with van der Waals surface area (Å²) in [6.45, 7) is 4.95. The largest absolute Gasteiger partial charge is 0.357 e. The van der Waals surface area contributed by atoms with Gasteiger partial charge in [-0.1, -0.05) is 59.6 Å². The summed E-state index contributed by atoms with van der Waals surface area (Å²) in [4.78, 5) is 27.7. The normalized spacial score (nSPS) is 12.0. The second-order valence-electron chi connectivity index (χ2n) is 8.56. The van der Waals surface area contributed by atoms with Crippen LogP contribution in [-0.4, -0.2) is 44.8 Å². The molecule has 190 valence electrons. The fourth-order valence-electron chi connectivity index (χ4n) is 3.93. The first-order chi connectivity index (χ1) is 17.0. The number of nitrogens with one attached hydrogen (secondary N) is 1. The van der Waals surface area contributed by atoms with Crippen LogP contribution in [0.3, 0.4) is 0 Å². The number of aryl methyl sites for hydroxylation is 2. The number of carbonyl (C=O) groups is 2. The number of halogens is 1. The van der Waals surface area contributed by atoms with Gasteiger partial charge in [-0.2, -0.15) is 0 Å². The molecule has 0 aliphatic rings. The Bertz CT molecular complexity index is 1350. The number of hydrogen-bond acceptors (Lipinski definition) is 4. The molecule has 0 aromatic heterocycles. The number of carbonyl (C=O) groups excluding carboxylic acids is 2. The number of hydrogen-bond donors (Lipinski definition) is 1. The predicted molar refractivity (Wildman–Crippen MR) is 142 cm³/mol. The summed E-state index contributed by atoms with van der Waals surface area (Å²) in [5, 5.41) is 3.03. The molecule has 2 amide bonds. The van der Waals surface area contributed by atoms with Gasteiger partial charge in [0.15, 0.2) is 0 Å². The molecule has 1 N–H and O–H groups in total. The van der Waals surface area contributed by atoms with Gasteiger partial charge in [-0.05, 0) is 62.2 Å². The highest BCUT2D eigenvalue weighted by Gasteiger charge is 2.32. The Morgan fingerprint density at radius 3 is 2.28 bits per heavy atom. The van der Waals surface area contributed by atoms with Crippen molar-refractivity contribution in [2.24, 2.45) is 0 Å². The van der Waals surface area contributed by atoms with E-state index in [-0.39, 0.29) is 17.3 Å². The lowest BCUT2D eigenvalue weighted by Gasteiger charge is -2.32. The first kappa shape index (κ1) is 27.2. The molecule has 9 heteroatoms. The molecular formula is C27H30ClN3O4S. The number of sulfonamides is 1. The zero-order valence-corrected chi connectivity index (χ0v) is 22.3. The number of benzene rings is 3. The van der Waals surface area contributed by atoms with E-state index in [0.29, 0.717) is 16.3 Å². The summed E-state index contributed by atoms with van der Waals surface area (Å²) >= 11 is 6.12. The molecule has 0 spiro atoms. The molecule has 0 saturated heterocycles. The van der Waals surface area contributed by atoms with Gasteiger partial charge in [0.2, 0.25) is 11.8 Å². The zero-order chi connectivity index (χ0) is 26.5. The van der Waals surface area contributed by atoms with Crippen molar-refractivity contribution in [1.82, 2.24) is 10.2 Å². The Morgan fingerprint density at radius 2 is 1.67 bits per heavy atom. The third kappa shape index (κ3) is 6.25. The van der Waals surface area contributed by atoms with Crippen LogP contribution in [0.1, 0.15) is 23.6 Å². The van der Waals surface area contributed by atoms with Crippen LogP contribution in [0, 0.1) is 13.8 Å². The Hall–Kier alpha value is -3.36. The highest BCUT2D eigenvalue weighted by molar-refractivity contribution is 7.92. The van der Waals surface area contributed by atoms with Crippen molar-refractivity contribution in [3.05, 3.63) is 94.5 Å². The van der Waals surface area contributed by atoms with Crippen LogP contribution >= 0.6 is 11.6 Å². The number of anilines is 1. The highest BCUT2D eigenvalue weighted by atomic mass is 35.5. The fraction of sp³-hybridized carbons (Fsp3) is 0.259. The molecule has 0 fully saturated rings. The Kier molecular flexibility index (Phi) is 8.76. The van der Waals surface area contributed by atoms with Crippen molar-refractivity contribution in [3.63, 3.8) is 0 Å². The lowest BCUT2D eigenvalue weighted by Crippen LogP contribution is -2.50. The van der Waals surface area contributed by atoms with Crippen LogP contribution in [-0.2, 0) is 26.2 Å². The first-order valence-electron chi connectivity index (χ1n) is 11.4. The summed E-state index contributed by atoms with van der Waals surface area (Å²) in [5.41, 5.74) is 2.77. The molecule has 0 aliphatic heterocycles. The quantitative estimate of drug-likeness (QED) is 0.449. The number of amides is 2. The van der Waals surface area contributed by atoms with E-state index in [9.17, 15) is 18.0 Å². The maximum Gasteiger partial charge on any atom is 0.264 e. The van der Waals surface area contributed by atoms with Gasteiger partial charge in [-0.3, -0.25) is 13.9 Å². The van der Waals surface area contributed by atoms with Crippen LogP contribution in [0.4, 0.5) is 5.69 Å². The minimum Gasteiger partial charge on any atom is -0.357 e. The van der Waals surface area contributed by atoms with Gasteiger partial charge in [0.25, 0.3) is 10.0 Å². The second-order valence-corrected chi connectivity index (χ2v) is 10.9. The third-order valence-corrected chi connectivity index (χ3v) is 7.90. The molecule has 0 aliphatic carbocycles. The van der Waals surface area contributed by atoms with Crippen molar-refractivity contribution < 1.29 is 18.0 Å². The molecular weight excluding hydrogens is 498 g/mol. The van der Waals surface area contributed by atoms with Crippen LogP contribution in [0.5, 0.6) is 0 Å². The number of likely N-dealkylation sites (N-methyl/N-ethyl adjacent to an activating group) is 1. The Balaban J connectivity index is 2.06. The minimum atomic E-state index is -4.11. The zero-order valence-electron chi connectivity index (χ0n) is 20.7. The maximum atomic E-state index is 13.7. The van der Waals surface area contributed by atoms with E-state index in [1.54, 1.807) is 50.2 Å². The van der Waals surface area contributed by atoms with E-state index >= 15 is 0 Å². The monoisotopic (exact) mass is 527 g/mol. The lowest BCUT2D eigenvalue weighted by atomic mass is 10.1. The molecule has 36 heavy (non-hydrogen) atoms. The molecule has 0 heterocycles. The standard InChI is InChI=1S/C27H30ClN3O4S/c1-19-9-8-10-22(15-19)17-30(21(3)27(33)29-4)26(32)18-31(25-14-13-23(28)16-20(25)2)36(34,35)24-11-6-5-7-12-24/h5-16,21H,17-18H2,1-4H3,(H,29,33)/t21-/m1/s1. The molecule has 1 atom stereocenters. The lowest BCUT2D eigenvalue weighted by molar-refractivity contribution is -0.139. The molecule has 3 rings (SSSR count). The van der Waals surface area contributed by atoms with Gasteiger partial charge in [-0.25, -0.2) is 8.42 Å². The molecule has 3 aromatic carbocycles. The van der Waals surface area contributed by atoms with E-state index in [1.807, 2.05) is 31.2 Å². The van der Waals surface area contributed by atoms with Gasteiger partial charge >= 0.3 is 0 Å². The van der Waals surface area contributed by atoms with E-state index in [4.69, 9.17) is 11.6 Å². The van der Waals surface area contributed by atoms with Crippen molar-refractivity contribution in [1.29, 1.82) is 0 Å². The summed E-state index contributed by atoms with van der Waals surface area (Å²) in [6, 6.07) is 19.5. The molecule has 0 radical (unpaired) electrons. The van der Waals surface area contributed by atoms with Gasteiger partial charge in [0.05, 0.1) is 10.6 Å². The molecule has 0 unspecified atom stereocenters. The average Bonchev–Trinajstić information content (AvgIpc) is 2.85. The van der Waals surface area contributed by atoms with Gasteiger partial charge in [0.1, 0.15) is 12.6 Å². The minimum absolute atomic E-state index is 0.0525. The molecule has 7 nitrogen and oxygen atoms in total. The Labute approximate surface area is 217 Å². The summed E-state index contributed by atoms with van der Waals surface area (Å²) in [5.74, 6) is -0.863. The molecule has 0 saturated carbocycles. The van der Waals surface area contributed by atoms with E-state index < -0.39 is 28.5 Å². The van der Waals surface area contributed by atoms with Gasteiger partial charge < -0.3 is 10.2 Å². The summed E-state index contributed by atoms with van der Waals surface area (Å²) in [6.07, 6.45) is 0. The SMILES string of the molecule is CNC(=O)[C@@H](C)N(Cc1cccc(C)c1)C(=O)CN(c1ccc(Cl)cc1C)S(=O)(=O)c1ccccc1. The smallest absolute Gasteiger partial charge is 0.264 e. The highest BCUT2D eigenvalue weighted by Crippen LogP contribution is 2.29. The molecule has 3 aromatic rings. The van der Waals surface area contributed by atoms with Crippen molar-refractivity contribution in [2.75, 3.05) is 17.9 Å². The van der Waals surface area contributed by atoms with E-state index in [0.717, 1.165) is 15.4 Å². The van der Waals surface area contributed by atoms with Crippen molar-refractivity contribution >= 4 is 39.1 Å². The van der Waals surface area contributed by atoms with Crippen LogP contribution in [0.15, 0.2) is 77.7 Å². The van der Waals surface area contributed by atoms with E-state index in [1.165, 1.54) is 24.1 Å². The topological polar surface area (TPSA) is 86.8 Å². The van der Waals surface area contributed by atoms with E-state index in [2.05, 4.69) is 5.32 Å². The van der Waals surface area contributed by atoms with Crippen LogP contribution in [0.25, 0.3) is 0 Å².